The molecule has 1 N–H and O–H groups in total. The highest BCUT2D eigenvalue weighted by molar-refractivity contribution is 5.78. The van der Waals surface area contributed by atoms with E-state index in [9.17, 15) is 9.90 Å². The van der Waals surface area contributed by atoms with E-state index in [-0.39, 0.29) is 6.10 Å². The van der Waals surface area contributed by atoms with Crippen LogP contribution in [0.3, 0.4) is 0 Å². The number of amides is 1. The molecule has 0 aromatic rings. The normalized spacial score (nSPS) is 26.9. The molecule has 1 saturated carbocycles. The summed E-state index contributed by atoms with van der Waals surface area (Å²) in [5, 5.41) is 9.98. The summed E-state index contributed by atoms with van der Waals surface area (Å²) in [6.45, 7) is 7.18. The van der Waals surface area contributed by atoms with Gasteiger partial charge < -0.3 is 10.0 Å². The number of aliphatic hydroxyl groups is 1. The molecule has 0 unspecified atom stereocenters. The number of aliphatic hydroxyl groups excluding tert-OH is 1. The van der Waals surface area contributed by atoms with Gasteiger partial charge in [0.15, 0.2) is 0 Å². The van der Waals surface area contributed by atoms with Gasteiger partial charge in [-0.2, -0.15) is 0 Å². The first-order valence-corrected chi connectivity index (χ1v) is 8.13. The Hall–Kier alpha value is -0.650. The highest BCUT2D eigenvalue weighted by Gasteiger charge is 2.32. The van der Waals surface area contributed by atoms with Gasteiger partial charge in [-0.25, -0.2) is 0 Å². The van der Waals surface area contributed by atoms with Crippen molar-refractivity contribution in [2.24, 2.45) is 5.92 Å². The van der Waals surface area contributed by atoms with Gasteiger partial charge in [-0.05, 0) is 31.6 Å². The van der Waals surface area contributed by atoms with Gasteiger partial charge in [-0.1, -0.05) is 0 Å². The Balaban J connectivity index is 1.36. The number of rotatable bonds is 5. The lowest BCUT2D eigenvalue weighted by Gasteiger charge is -2.35. The highest BCUT2D eigenvalue weighted by Crippen LogP contribution is 2.32. The van der Waals surface area contributed by atoms with E-state index >= 15 is 0 Å². The second kappa shape index (κ2) is 6.41. The molecular formula is C15H27N3O2. The average molecular weight is 281 g/mol. The predicted octanol–water partition coefficient (Wildman–Crippen LogP) is -0.00270. The molecular weight excluding hydrogens is 254 g/mol. The molecule has 1 atom stereocenters. The van der Waals surface area contributed by atoms with Crippen molar-refractivity contribution in [3.05, 3.63) is 0 Å². The summed E-state index contributed by atoms with van der Waals surface area (Å²) in [6, 6.07) is 0. The molecule has 0 radical (unpaired) electrons. The second-order valence-corrected chi connectivity index (χ2v) is 6.57. The van der Waals surface area contributed by atoms with Crippen LogP contribution in [0.1, 0.15) is 25.7 Å². The predicted molar refractivity (Wildman–Crippen MR) is 77.4 cm³/mol. The molecule has 0 bridgehead atoms. The Bertz CT molecular complexity index is 332. The van der Waals surface area contributed by atoms with E-state index in [0.29, 0.717) is 18.4 Å². The summed E-state index contributed by atoms with van der Waals surface area (Å²) in [7, 11) is 0. The van der Waals surface area contributed by atoms with Gasteiger partial charge in [0.05, 0.1) is 12.6 Å². The summed E-state index contributed by atoms with van der Waals surface area (Å²) in [5.41, 5.74) is 0. The van der Waals surface area contributed by atoms with Crippen molar-refractivity contribution in [2.75, 3.05) is 52.4 Å². The fraction of sp³-hybridized carbons (Fsp3) is 0.933. The van der Waals surface area contributed by atoms with Crippen LogP contribution in [0.4, 0.5) is 0 Å². The Morgan fingerprint density at radius 2 is 1.60 bits per heavy atom. The minimum atomic E-state index is -0.132. The molecule has 0 aromatic carbocycles. The van der Waals surface area contributed by atoms with Gasteiger partial charge >= 0.3 is 0 Å². The van der Waals surface area contributed by atoms with Crippen LogP contribution in [-0.2, 0) is 4.79 Å². The molecule has 5 nitrogen and oxygen atoms in total. The lowest BCUT2D eigenvalue weighted by Crippen LogP contribution is -2.51. The van der Waals surface area contributed by atoms with Crippen LogP contribution in [0, 0.1) is 5.92 Å². The first kappa shape index (κ1) is 14.3. The fourth-order valence-corrected chi connectivity index (χ4v) is 3.28. The maximum Gasteiger partial charge on any atom is 0.236 e. The lowest BCUT2D eigenvalue weighted by molar-refractivity contribution is -0.131. The smallest absolute Gasteiger partial charge is 0.236 e. The van der Waals surface area contributed by atoms with E-state index in [4.69, 9.17) is 0 Å². The number of nitrogens with zero attached hydrogens (tertiary/aromatic N) is 3. The van der Waals surface area contributed by atoms with Gasteiger partial charge in [-0.15, -0.1) is 0 Å². The number of piperazine rings is 1. The third-order valence-electron chi connectivity index (χ3n) is 4.89. The van der Waals surface area contributed by atoms with Gasteiger partial charge in [0.2, 0.25) is 5.91 Å². The molecule has 3 aliphatic rings. The van der Waals surface area contributed by atoms with Crippen LogP contribution >= 0.6 is 0 Å². The number of carbonyl (C=O) groups is 1. The monoisotopic (exact) mass is 281 g/mol. The molecule has 3 fully saturated rings. The minimum Gasteiger partial charge on any atom is -0.392 e. The zero-order valence-corrected chi connectivity index (χ0v) is 12.3. The van der Waals surface area contributed by atoms with Gasteiger partial charge in [0.1, 0.15) is 0 Å². The van der Waals surface area contributed by atoms with E-state index in [1.54, 1.807) is 0 Å². The van der Waals surface area contributed by atoms with Crippen LogP contribution < -0.4 is 0 Å². The summed E-state index contributed by atoms with van der Waals surface area (Å²) in [5.74, 6) is 0.860. The standard InChI is InChI=1S/C15H27N3O2/c19-14(13-3-4-13)11-16-7-9-17(10-8-16)12-15(20)18-5-1-2-6-18/h13-14,19H,1-12H2/t14-/m1/s1. The van der Waals surface area contributed by atoms with Crippen LogP contribution in [-0.4, -0.2) is 84.2 Å². The number of hydrogen-bond acceptors (Lipinski definition) is 4. The van der Waals surface area contributed by atoms with E-state index < -0.39 is 0 Å². The van der Waals surface area contributed by atoms with Crippen molar-refractivity contribution in [1.29, 1.82) is 0 Å². The van der Waals surface area contributed by atoms with Gasteiger partial charge in [0.25, 0.3) is 0 Å². The maximum atomic E-state index is 12.1. The van der Waals surface area contributed by atoms with Gasteiger partial charge in [-0.3, -0.25) is 14.6 Å². The van der Waals surface area contributed by atoms with Crippen molar-refractivity contribution in [1.82, 2.24) is 14.7 Å². The molecule has 0 spiro atoms. The van der Waals surface area contributed by atoms with Crippen LogP contribution in [0.15, 0.2) is 0 Å². The molecule has 1 amide bonds. The maximum absolute atomic E-state index is 12.1. The average Bonchev–Trinajstić information content (AvgIpc) is 3.16. The van der Waals surface area contributed by atoms with Crippen LogP contribution in [0.2, 0.25) is 0 Å². The number of hydrogen-bond donors (Lipinski definition) is 1. The van der Waals surface area contributed by atoms with Crippen molar-refractivity contribution in [3.63, 3.8) is 0 Å². The molecule has 0 aromatic heterocycles. The molecule has 20 heavy (non-hydrogen) atoms. The zero-order chi connectivity index (χ0) is 13.9. The van der Waals surface area contributed by atoms with Gasteiger partial charge in [0, 0.05) is 45.8 Å². The van der Waals surface area contributed by atoms with E-state index in [1.807, 2.05) is 4.90 Å². The van der Waals surface area contributed by atoms with Crippen molar-refractivity contribution >= 4 is 5.91 Å². The first-order valence-electron chi connectivity index (χ1n) is 8.13. The number of β-amino-alcohol motifs (C(OH)–C–C–N with tert-alkyl or cyclic N) is 1. The minimum absolute atomic E-state index is 0.132. The molecule has 5 heteroatoms. The van der Waals surface area contributed by atoms with E-state index in [2.05, 4.69) is 9.80 Å². The molecule has 2 saturated heterocycles. The topological polar surface area (TPSA) is 47.0 Å². The second-order valence-electron chi connectivity index (χ2n) is 6.57. The molecule has 2 aliphatic heterocycles. The third kappa shape index (κ3) is 3.71. The summed E-state index contributed by atoms with van der Waals surface area (Å²) < 4.78 is 0. The molecule has 1 aliphatic carbocycles. The van der Waals surface area contributed by atoms with E-state index in [0.717, 1.165) is 45.8 Å². The largest absolute Gasteiger partial charge is 0.392 e. The van der Waals surface area contributed by atoms with Crippen LogP contribution in [0.5, 0.6) is 0 Å². The Morgan fingerprint density at radius 1 is 1.00 bits per heavy atom. The summed E-state index contributed by atoms with van der Waals surface area (Å²) in [6.07, 6.45) is 4.60. The third-order valence-corrected chi connectivity index (χ3v) is 4.89. The highest BCUT2D eigenvalue weighted by atomic mass is 16.3. The zero-order valence-electron chi connectivity index (χ0n) is 12.3. The first-order chi connectivity index (χ1) is 9.72. The Labute approximate surface area is 121 Å². The Kier molecular flexibility index (Phi) is 4.58. The Morgan fingerprint density at radius 3 is 2.20 bits per heavy atom. The van der Waals surface area contributed by atoms with Crippen molar-refractivity contribution < 1.29 is 9.90 Å². The molecule has 114 valence electrons. The van der Waals surface area contributed by atoms with Crippen molar-refractivity contribution in [2.45, 2.75) is 31.8 Å². The molecule has 3 rings (SSSR count). The fourth-order valence-electron chi connectivity index (χ4n) is 3.28. The summed E-state index contributed by atoms with van der Waals surface area (Å²) in [4.78, 5) is 18.7. The van der Waals surface area contributed by atoms with Crippen LogP contribution in [0.25, 0.3) is 0 Å². The number of carbonyl (C=O) groups excluding carboxylic acids is 1. The quantitative estimate of drug-likeness (QED) is 0.770. The van der Waals surface area contributed by atoms with Crippen molar-refractivity contribution in [3.8, 4) is 0 Å². The number of likely N-dealkylation sites (tertiary alicyclic amines) is 1. The molecule has 2 heterocycles. The summed E-state index contributed by atoms with van der Waals surface area (Å²) >= 11 is 0. The SMILES string of the molecule is O=C(CN1CCN(C[C@@H](O)C2CC2)CC1)N1CCCC1. The van der Waals surface area contributed by atoms with E-state index in [1.165, 1.54) is 25.7 Å². The lowest BCUT2D eigenvalue weighted by atomic mass is 10.2.